The molecule has 0 aliphatic heterocycles. The molecule has 0 spiro atoms. The lowest BCUT2D eigenvalue weighted by Gasteiger charge is -2.08. The Balaban J connectivity index is 1.96. The second kappa shape index (κ2) is 7.53. The summed E-state index contributed by atoms with van der Waals surface area (Å²) in [7, 11) is 0. The van der Waals surface area contributed by atoms with Gasteiger partial charge in [-0.25, -0.2) is 0 Å². The number of nitrogens with one attached hydrogen (secondary N) is 1. The Hall–Kier alpha value is -1.45. The van der Waals surface area contributed by atoms with Crippen LogP contribution in [0.2, 0.25) is 5.02 Å². The smallest absolute Gasteiger partial charge is 0.122 e. The van der Waals surface area contributed by atoms with E-state index in [0.717, 1.165) is 52.9 Å². The first-order valence-electron chi connectivity index (χ1n) is 7.28. The normalized spacial score (nSPS) is 10.9. The van der Waals surface area contributed by atoms with Crippen LogP contribution in [0.25, 0.3) is 0 Å². The lowest BCUT2D eigenvalue weighted by Crippen LogP contribution is -2.13. The van der Waals surface area contributed by atoms with Crippen molar-refractivity contribution in [3.8, 4) is 5.75 Å². The van der Waals surface area contributed by atoms with Gasteiger partial charge in [0.2, 0.25) is 0 Å². The zero-order valence-electron chi connectivity index (χ0n) is 12.8. The third-order valence-electron chi connectivity index (χ3n) is 3.32. The Morgan fingerprint density at radius 2 is 2.05 bits per heavy atom. The van der Waals surface area contributed by atoms with E-state index in [1.807, 2.05) is 32.0 Å². The van der Waals surface area contributed by atoms with Crippen LogP contribution >= 0.6 is 11.6 Å². The van der Waals surface area contributed by atoms with Crippen LogP contribution in [0.3, 0.4) is 0 Å². The molecule has 1 aromatic heterocycles. The van der Waals surface area contributed by atoms with E-state index in [1.165, 1.54) is 0 Å². The van der Waals surface area contributed by atoms with Crippen molar-refractivity contribution in [2.45, 2.75) is 40.3 Å². The van der Waals surface area contributed by atoms with Crippen molar-refractivity contribution >= 4 is 11.6 Å². The number of aryl methyl sites for hydroxylation is 2. The standard InChI is InChI=1S/C17H22ClNO2/c1-4-7-19-10-16-9-14(13(3)21-16)11-20-17-6-5-15(18)8-12(17)2/h5-6,8-9,19H,4,7,10-11H2,1-3H3. The van der Waals surface area contributed by atoms with Gasteiger partial charge in [0, 0.05) is 10.6 Å². The summed E-state index contributed by atoms with van der Waals surface area (Å²) in [4.78, 5) is 0. The molecule has 0 saturated heterocycles. The third kappa shape index (κ3) is 4.51. The Labute approximate surface area is 131 Å². The van der Waals surface area contributed by atoms with Gasteiger partial charge >= 0.3 is 0 Å². The number of rotatable bonds is 7. The molecule has 4 heteroatoms. The quantitative estimate of drug-likeness (QED) is 0.757. The number of benzene rings is 1. The van der Waals surface area contributed by atoms with Crippen molar-refractivity contribution in [3.63, 3.8) is 0 Å². The minimum absolute atomic E-state index is 0.506. The van der Waals surface area contributed by atoms with E-state index in [-0.39, 0.29) is 0 Å². The van der Waals surface area contributed by atoms with Crippen LogP contribution in [0, 0.1) is 13.8 Å². The topological polar surface area (TPSA) is 34.4 Å². The van der Waals surface area contributed by atoms with Crippen molar-refractivity contribution in [1.82, 2.24) is 5.32 Å². The van der Waals surface area contributed by atoms with Gasteiger partial charge in [-0.05, 0) is 56.6 Å². The van der Waals surface area contributed by atoms with Gasteiger partial charge in [0.1, 0.15) is 23.9 Å². The molecule has 1 heterocycles. The first-order chi connectivity index (χ1) is 10.1. The van der Waals surface area contributed by atoms with Crippen LogP contribution in [0.15, 0.2) is 28.7 Å². The molecule has 2 aromatic rings. The Morgan fingerprint density at radius 3 is 2.76 bits per heavy atom. The Bertz CT molecular complexity index is 592. The van der Waals surface area contributed by atoms with Crippen molar-refractivity contribution in [1.29, 1.82) is 0 Å². The number of furan rings is 1. The largest absolute Gasteiger partial charge is 0.489 e. The Kier molecular flexibility index (Phi) is 5.71. The van der Waals surface area contributed by atoms with Crippen LogP contribution < -0.4 is 10.1 Å². The molecule has 0 radical (unpaired) electrons. The SMILES string of the molecule is CCCNCc1cc(COc2ccc(Cl)cc2C)c(C)o1. The molecule has 1 N–H and O–H groups in total. The molecule has 1 aromatic carbocycles. The molecular formula is C17H22ClNO2. The second-order valence-electron chi connectivity index (χ2n) is 5.17. The van der Waals surface area contributed by atoms with Crippen molar-refractivity contribution in [3.05, 3.63) is 51.9 Å². The van der Waals surface area contributed by atoms with E-state index in [1.54, 1.807) is 0 Å². The molecule has 0 unspecified atom stereocenters. The zero-order chi connectivity index (χ0) is 15.2. The van der Waals surface area contributed by atoms with Gasteiger partial charge < -0.3 is 14.5 Å². The predicted octanol–water partition coefficient (Wildman–Crippen LogP) is 4.63. The highest BCUT2D eigenvalue weighted by Gasteiger charge is 2.09. The van der Waals surface area contributed by atoms with Gasteiger partial charge in [-0.15, -0.1) is 0 Å². The highest BCUT2D eigenvalue weighted by atomic mass is 35.5. The number of hydrogen-bond acceptors (Lipinski definition) is 3. The molecular weight excluding hydrogens is 286 g/mol. The number of hydrogen-bond donors (Lipinski definition) is 1. The first-order valence-corrected chi connectivity index (χ1v) is 7.65. The summed E-state index contributed by atoms with van der Waals surface area (Å²) < 4.78 is 11.6. The lowest BCUT2D eigenvalue weighted by atomic mass is 10.2. The summed E-state index contributed by atoms with van der Waals surface area (Å²) in [5.74, 6) is 2.72. The minimum Gasteiger partial charge on any atom is -0.489 e. The van der Waals surface area contributed by atoms with E-state index in [4.69, 9.17) is 20.8 Å². The monoisotopic (exact) mass is 307 g/mol. The van der Waals surface area contributed by atoms with Gasteiger partial charge in [0.05, 0.1) is 6.54 Å². The van der Waals surface area contributed by atoms with Crippen LogP contribution in [-0.2, 0) is 13.2 Å². The molecule has 0 aliphatic carbocycles. The maximum absolute atomic E-state index is 5.95. The van der Waals surface area contributed by atoms with Crippen LogP contribution in [0.4, 0.5) is 0 Å². The summed E-state index contributed by atoms with van der Waals surface area (Å²) >= 11 is 5.95. The molecule has 0 amide bonds. The van der Waals surface area contributed by atoms with E-state index in [2.05, 4.69) is 18.3 Å². The lowest BCUT2D eigenvalue weighted by molar-refractivity contribution is 0.301. The fourth-order valence-corrected chi connectivity index (χ4v) is 2.36. The van der Waals surface area contributed by atoms with Crippen molar-refractivity contribution in [2.24, 2.45) is 0 Å². The summed E-state index contributed by atoms with van der Waals surface area (Å²) in [6.07, 6.45) is 1.12. The van der Waals surface area contributed by atoms with Crippen LogP contribution in [-0.4, -0.2) is 6.54 Å². The van der Waals surface area contributed by atoms with Gasteiger partial charge in [0.25, 0.3) is 0 Å². The van der Waals surface area contributed by atoms with Gasteiger partial charge in [-0.2, -0.15) is 0 Å². The van der Waals surface area contributed by atoms with Gasteiger partial charge in [-0.3, -0.25) is 0 Å². The fourth-order valence-electron chi connectivity index (χ4n) is 2.14. The highest BCUT2D eigenvalue weighted by Crippen LogP contribution is 2.24. The van der Waals surface area contributed by atoms with E-state index >= 15 is 0 Å². The highest BCUT2D eigenvalue weighted by molar-refractivity contribution is 6.30. The number of ether oxygens (including phenoxy) is 1. The molecule has 0 bridgehead atoms. The maximum atomic E-state index is 5.95. The predicted molar refractivity (Wildman–Crippen MR) is 86.0 cm³/mol. The Morgan fingerprint density at radius 1 is 1.24 bits per heavy atom. The van der Waals surface area contributed by atoms with Crippen molar-refractivity contribution in [2.75, 3.05) is 6.54 Å². The first kappa shape index (κ1) is 15.9. The summed E-state index contributed by atoms with van der Waals surface area (Å²) in [5.41, 5.74) is 2.12. The molecule has 114 valence electrons. The molecule has 0 saturated carbocycles. The van der Waals surface area contributed by atoms with Crippen LogP contribution in [0.5, 0.6) is 5.75 Å². The maximum Gasteiger partial charge on any atom is 0.122 e. The van der Waals surface area contributed by atoms with Gasteiger partial charge in [-0.1, -0.05) is 18.5 Å². The van der Waals surface area contributed by atoms with E-state index in [0.29, 0.717) is 6.61 Å². The third-order valence-corrected chi connectivity index (χ3v) is 3.55. The van der Waals surface area contributed by atoms with Crippen molar-refractivity contribution < 1.29 is 9.15 Å². The fraction of sp³-hybridized carbons (Fsp3) is 0.412. The summed E-state index contributed by atoms with van der Waals surface area (Å²) in [5, 5.41) is 4.06. The molecule has 0 aliphatic rings. The minimum atomic E-state index is 0.506. The average Bonchev–Trinajstić information content (AvgIpc) is 2.79. The summed E-state index contributed by atoms with van der Waals surface area (Å²) in [6.45, 7) is 8.37. The molecule has 0 fully saturated rings. The molecule has 0 atom stereocenters. The van der Waals surface area contributed by atoms with Gasteiger partial charge in [0.15, 0.2) is 0 Å². The second-order valence-corrected chi connectivity index (χ2v) is 5.61. The molecule has 2 rings (SSSR count). The zero-order valence-corrected chi connectivity index (χ0v) is 13.6. The van der Waals surface area contributed by atoms with Crippen LogP contribution in [0.1, 0.15) is 36.0 Å². The summed E-state index contributed by atoms with van der Waals surface area (Å²) in [6, 6.07) is 7.70. The average molecular weight is 308 g/mol. The molecule has 3 nitrogen and oxygen atoms in total. The van der Waals surface area contributed by atoms with E-state index < -0.39 is 0 Å². The molecule has 21 heavy (non-hydrogen) atoms. The number of halogens is 1. The van der Waals surface area contributed by atoms with E-state index in [9.17, 15) is 0 Å².